The molecule has 4 heteroatoms. The average molecular weight is 331 g/mol. The Bertz CT molecular complexity index is 606. The summed E-state index contributed by atoms with van der Waals surface area (Å²) in [6.45, 7) is 1.87. The number of hydrazone groups is 1. The lowest BCUT2D eigenvalue weighted by atomic mass is 10.1. The van der Waals surface area contributed by atoms with Crippen LogP contribution in [0.1, 0.15) is 18.1 Å². The maximum absolute atomic E-state index is 11.8. The Morgan fingerprint density at radius 2 is 1.75 bits per heavy atom. The highest BCUT2D eigenvalue weighted by molar-refractivity contribution is 9.10. The summed E-state index contributed by atoms with van der Waals surface area (Å²) in [6, 6.07) is 17.4. The van der Waals surface area contributed by atoms with Crippen molar-refractivity contribution in [3.63, 3.8) is 0 Å². The molecule has 2 aromatic carbocycles. The van der Waals surface area contributed by atoms with E-state index < -0.39 is 0 Å². The third-order valence-electron chi connectivity index (χ3n) is 2.82. The quantitative estimate of drug-likeness (QED) is 0.676. The Labute approximate surface area is 126 Å². The van der Waals surface area contributed by atoms with Crippen LogP contribution in [0.25, 0.3) is 0 Å². The molecule has 0 saturated carbocycles. The minimum Gasteiger partial charge on any atom is -0.273 e. The van der Waals surface area contributed by atoms with Crippen molar-refractivity contribution in [2.24, 2.45) is 5.10 Å². The van der Waals surface area contributed by atoms with Crippen molar-refractivity contribution >= 4 is 27.5 Å². The van der Waals surface area contributed by atoms with Crippen molar-refractivity contribution in [2.75, 3.05) is 0 Å². The second kappa shape index (κ2) is 7.01. The summed E-state index contributed by atoms with van der Waals surface area (Å²) in [4.78, 5) is 11.8. The Kier molecular flexibility index (Phi) is 5.07. The molecule has 3 nitrogen and oxygen atoms in total. The third kappa shape index (κ3) is 4.31. The highest BCUT2D eigenvalue weighted by Crippen LogP contribution is 2.11. The van der Waals surface area contributed by atoms with Gasteiger partial charge >= 0.3 is 0 Å². The number of nitrogens with one attached hydrogen (secondary N) is 1. The molecule has 0 radical (unpaired) electrons. The molecule has 0 spiro atoms. The minimum absolute atomic E-state index is 0.118. The second-order valence-corrected chi connectivity index (χ2v) is 5.32. The minimum atomic E-state index is -0.118. The van der Waals surface area contributed by atoms with Crippen LogP contribution >= 0.6 is 15.9 Å². The summed E-state index contributed by atoms with van der Waals surface area (Å²) >= 11 is 3.38. The summed E-state index contributed by atoms with van der Waals surface area (Å²) in [5, 5.41) is 4.12. The Balaban J connectivity index is 1.95. The zero-order chi connectivity index (χ0) is 14.4. The number of rotatable bonds is 4. The van der Waals surface area contributed by atoms with E-state index in [2.05, 4.69) is 26.5 Å². The molecular weight excluding hydrogens is 316 g/mol. The second-order valence-electron chi connectivity index (χ2n) is 4.40. The van der Waals surface area contributed by atoms with E-state index in [9.17, 15) is 4.79 Å². The van der Waals surface area contributed by atoms with Gasteiger partial charge in [0.25, 0.3) is 0 Å². The van der Waals surface area contributed by atoms with Crippen LogP contribution in [0.15, 0.2) is 64.2 Å². The first-order valence-electron chi connectivity index (χ1n) is 6.28. The molecule has 0 bridgehead atoms. The summed E-state index contributed by atoms with van der Waals surface area (Å²) < 4.78 is 1.02. The van der Waals surface area contributed by atoms with Crippen molar-refractivity contribution < 1.29 is 4.79 Å². The highest BCUT2D eigenvalue weighted by atomic mass is 79.9. The number of amides is 1. The van der Waals surface area contributed by atoms with E-state index in [1.807, 2.05) is 61.5 Å². The van der Waals surface area contributed by atoms with Crippen molar-refractivity contribution in [1.29, 1.82) is 0 Å². The van der Waals surface area contributed by atoms with Crippen molar-refractivity contribution in [3.05, 3.63) is 70.2 Å². The molecule has 20 heavy (non-hydrogen) atoms. The first-order valence-corrected chi connectivity index (χ1v) is 7.07. The molecule has 1 N–H and O–H groups in total. The Morgan fingerprint density at radius 1 is 1.10 bits per heavy atom. The van der Waals surface area contributed by atoms with Crippen molar-refractivity contribution in [1.82, 2.24) is 5.43 Å². The molecular formula is C16H15BrN2O. The van der Waals surface area contributed by atoms with Gasteiger partial charge in [0.2, 0.25) is 5.91 Å². The number of carbonyl (C=O) groups is 1. The lowest BCUT2D eigenvalue weighted by molar-refractivity contribution is -0.120. The van der Waals surface area contributed by atoms with Gasteiger partial charge < -0.3 is 0 Å². The van der Waals surface area contributed by atoms with E-state index >= 15 is 0 Å². The van der Waals surface area contributed by atoms with Gasteiger partial charge in [-0.05, 0) is 30.2 Å². The zero-order valence-corrected chi connectivity index (χ0v) is 12.7. The molecule has 0 aliphatic carbocycles. The predicted octanol–water partition coefficient (Wildman–Crippen LogP) is 3.53. The van der Waals surface area contributed by atoms with E-state index in [0.29, 0.717) is 6.42 Å². The standard InChI is InChI=1S/C16H15BrN2O/c1-12(14-7-9-15(17)10-8-14)18-19-16(20)11-13-5-3-2-4-6-13/h2-10H,11H2,1H3,(H,19,20)/b18-12-. The summed E-state index contributed by atoms with van der Waals surface area (Å²) in [7, 11) is 0. The van der Waals surface area contributed by atoms with E-state index in [1.165, 1.54) is 0 Å². The normalized spacial score (nSPS) is 11.2. The van der Waals surface area contributed by atoms with Crippen molar-refractivity contribution in [2.45, 2.75) is 13.3 Å². The van der Waals surface area contributed by atoms with Gasteiger partial charge in [-0.3, -0.25) is 4.79 Å². The van der Waals surface area contributed by atoms with Crippen LogP contribution in [0.5, 0.6) is 0 Å². The van der Waals surface area contributed by atoms with E-state index in [4.69, 9.17) is 0 Å². The molecule has 0 heterocycles. The molecule has 0 aliphatic rings. The largest absolute Gasteiger partial charge is 0.273 e. The van der Waals surface area contributed by atoms with Gasteiger partial charge in [-0.25, -0.2) is 5.43 Å². The monoisotopic (exact) mass is 330 g/mol. The van der Waals surface area contributed by atoms with Crippen LogP contribution in [-0.2, 0) is 11.2 Å². The molecule has 1 amide bonds. The van der Waals surface area contributed by atoms with Gasteiger partial charge in [-0.2, -0.15) is 5.10 Å². The maximum Gasteiger partial charge on any atom is 0.244 e. The molecule has 0 fully saturated rings. The van der Waals surface area contributed by atoms with Gasteiger partial charge in [-0.1, -0.05) is 58.4 Å². The van der Waals surface area contributed by atoms with Gasteiger partial charge in [0.15, 0.2) is 0 Å². The van der Waals surface area contributed by atoms with Crippen LogP contribution in [0.4, 0.5) is 0 Å². The number of nitrogens with zero attached hydrogens (tertiary/aromatic N) is 1. The van der Waals surface area contributed by atoms with Gasteiger partial charge in [0.05, 0.1) is 12.1 Å². The maximum atomic E-state index is 11.8. The molecule has 2 rings (SSSR count). The Hall–Kier alpha value is -1.94. The molecule has 0 aliphatic heterocycles. The number of hydrogen-bond acceptors (Lipinski definition) is 2. The fourth-order valence-electron chi connectivity index (χ4n) is 1.72. The topological polar surface area (TPSA) is 41.5 Å². The van der Waals surface area contributed by atoms with Gasteiger partial charge in [0, 0.05) is 4.47 Å². The fourth-order valence-corrected chi connectivity index (χ4v) is 1.99. The summed E-state index contributed by atoms with van der Waals surface area (Å²) in [5.41, 5.74) is 5.31. The van der Waals surface area contributed by atoms with Crippen LogP contribution in [0, 0.1) is 0 Å². The lowest BCUT2D eigenvalue weighted by Gasteiger charge is -2.03. The number of carbonyl (C=O) groups excluding carboxylic acids is 1. The Morgan fingerprint density at radius 3 is 2.40 bits per heavy atom. The predicted molar refractivity (Wildman–Crippen MR) is 84.6 cm³/mol. The van der Waals surface area contributed by atoms with Gasteiger partial charge in [0.1, 0.15) is 0 Å². The number of halogens is 1. The third-order valence-corrected chi connectivity index (χ3v) is 3.35. The molecule has 0 aromatic heterocycles. The SMILES string of the molecule is C/C(=N/NC(=O)Cc1ccccc1)c1ccc(Br)cc1. The van der Waals surface area contributed by atoms with Crippen molar-refractivity contribution in [3.8, 4) is 0 Å². The van der Waals surface area contributed by atoms with Crippen LogP contribution in [0.2, 0.25) is 0 Å². The van der Waals surface area contributed by atoms with Crippen LogP contribution in [0.3, 0.4) is 0 Å². The summed E-state index contributed by atoms with van der Waals surface area (Å²) in [6.07, 6.45) is 0.331. The van der Waals surface area contributed by atoms with Crippen LogP contribution < -0.4 is 5.43 Å². The molecule has 102 valence electrons. The molecule has 2 aromatic rings. The number of benzene rings is 2. The smallest absolute Gasteiger partial charge is 0.244 e. The van der Waals surface area contributed by atoms with E-state index in [-0.39, 0.29) is 5.91 Å². The summed E-state index contributed by atoms with van der Waals surface area (Å²) in [5.74, 6) is -0.118. The molecule has 0 unspecified atom stereocenters. The first-order chi connectivity index (χ1) is 9.65. The zero-order valence-electron chi connectivity index (χ0n) is 11.1. The number of hydrogen-bond donors (Lipinski definition) is 1. The van der Waals surface area contributed by atoms with Gasteiger partial charge in [-0.15, -0.1) is 0 Å². The van der Waals surface area contributed by atoms with E-state index in [0.717, 1.165) is 21.3 Å². The molecule has 0 atom stereocenters. The van der Waals surface area contributed by atoms with E-state index in [1.54, 1.807) is 0 Å². The lowest BCUT2D eigenvalue weighted by Crippen LogP contribution is -2.21. The fraction of sp³-hybridized carbons (Fsp3) is 0.125. The highest BCUT2D eigenvalue weighted by Gasteiger charge is 2.02. The first kappa shape index (κ1) is 14.5. The van der Waals surface area contributed by atoms with Crippen LogP contribution in [-0.4, -0.2) is 11.6 Å². The molecule has 0 saturated heterocycles. The average Bonchev–Trinajstić information content (AvgIpc) is 2.46.